The zero-order chi connectivity index (χ0) is 29.3. The summed E-state index contributed by atoms with van der Waals surface area (Å²) >= 11 is 12.3. The van der Waals surface area contributed by atoms with E-state index in [1.54, 1.807) is 6.07 Å². The molecule has 0 aliphatic carbocycles. The lowest BCUT2D eigenvalue weighted by Crippen LogP contribution is -1.88. The second kappa shape index (κ2) is 17.4. The number of benzene rings is 5. The summed E-state index contributed by atoms with van der Waals surface area (Å²) < 4.78 is 0. The van der Waals surface area contributed by atoms with Crippen molar-refractivity contribution in [2.75, 3.05) is 0 Å². The molecule has 206 valence electrons. The van der Waals surface area contributed by atoms with Crippen LogP contribution in [0.1, 0.15) is 16.7 Å². The molecule has 5 aromatic rings. The first-order valence-corrected chi connectivity index (χ1v) is 13.8. The molecule has 0 atom stereocenters. The maximum atomic E-state index is 6.14. The number of hydrogen-bond donors (Lipinski definition) is 0. The van der Waals surface area contributed by atoms with Gasteiger partial charge in [-0.05, 0) is 95.5 Å². The van der Waals surface area contributed by atoms with Crippen LogP contribution in [0.25, 0.3) is 22.3 Å². The maximum Gasteiger partial charge on any atom is 0.0632 e. The van der Waals surface area contributed by atoms with Crippen molar-refractivity contribution in [1.29, 1.82) is 0 Å². The molecule has 0 heterocycles. The van der Waals surface area contributed by atoms with Crippen LogP contribution in [0.2, 0.25) is 10.0 Å². The van der Waals surface area contributed by atoms with Gasteiger partial charge in [-0.3, -0.25) is 15.0 Å². The van der Waals surface area contributed by atoms with Crippen molar-refractivity contribution in [3.8, 4) is 22.3 Å². The monoisotopic (exact) mass is 577 g/mol. The fraction of sp³-hybridized carbons (Fsp3) is 0.0833. The van der Waals surface area contributed by atoms with Crippen molar-refractivity contribution in [3.05, 3.63) is 154 Å². The van der Waals surface area contributed by atoms with Crippen molar-refractivity contribution in [2.24, 2.45) is 15.0 Å². The Labute approximate surface area is 253 Å². The van der Waals surface area contributed by atoms with E-state index in [9.17, 15) is 0 Å². The number of nitrogens with zero attached hydrogens (tertiary/aromatic N) is 3. The summed E-state index contributed by atoms with van der Waals surface area (Å²) in [5, 5.41) is 1.25. The van der Waals surface area contributed by atoms with Gasteiger partial charge >= 0.3 is 0 Å². The predicted molar refractivity (Wildman–Crippen MR) is 180 cm³/mol. The molecule has 0 radical (unpaired) electrons. The van der Waals surface area contributed by atoms with Crippen LogP contribution in [-0.4, -0.2) is 20.2 Å². The van der Waals surface area contributed by atoms with Crippen LogP contribution >= 0.6 is 23.2 Å². The first-order valence-electron chi connectivity index (χ1n) is 13.0. The Bertz CT molecular complexity index is 1450. The van der Waals surface area contributed by atoms with Gasteiger partial charge in [-0.15, -0.1) is 0 Å². The summed E-state index contributed by atoms with van der Waals surface area (Å²) in [5.74, 6) is 0. The van der Waals surface area contributed by atoms with Crippen LogP contribution < -0.4 is 0 Å². The Morgan fingerprint density at radius 3 is 1.20 bits per heavy atom. The first-order chi connectivity index (χ1) is 20.0. The number of halogens is 2. The Morgan fingerprint density at radius 1 is 0.390 bits per heavy atom. The molecule has 0 spiro atoms. The van der Waals surface area contributed by atoms with Gasteiger partial charge in [0.05, 0.1) is 19.6 Å². The van der Waals surface area contributed by atoms with E-state index in [1.165, 1.54) is 11.1 Å². The van der Waals surface area contributed by atoms with E-state index in [4.69, 9.17) is 23.2 Å². The molecule has 0 fully saturated rings. The van der Waals surface area contributed by atoms with Gasteiger partial charge in [0, 0.05) is 10.0 Å². The Balaban J connectivity index is 0.000000210. The van der Waals surface area contributed by atoms with Crippen LogP contribution in [-0.2, 0) is 19.6 Å². The predicted octanol–water partition coefficient (Wildman–Crippen LogP) is 10.3. The van der Waals surface area contributed by atoms with Crippen molar-refractivity contribution < 1.29 is 0 Å². The smallest absolute Gasteiger partial charge is 0.0632 e. The van der Waals surface area contributed by atoms with Gasteiger partial charge in [-0.25, -0.2) is 0 Å². The fourth-order valence-corrected chi connectivity index (χ4v) is 4.55. The molecule has 0 aliphatic rings. The lowest BCUT2D eigenvalue weighted by atomic mass is 9.96. The van der Waals surface area contributed by atoms with Crippen LogP contribution in [0, 0.1) is 0 Å². The summed E-state index contributed by atoms with van der Waals surface area (Å²) in [6.45, 7) is 12.4. The molecular formula is C36H33Cl2N3. The summed E-state index contributed by atoms with van der Waals surface area (Å²) in [6, 6.07) is 42.3. The second-order valence-corrected chi connectivity index (χ2v) is 9.93. The zero-order valence-corrected chi connectivity index (χ0v) is 24.5. The molecule has 0 bridgehead atoms. The van der Waals surface area contributed by atoms with Crippen molar-refractivity contribution in [1.82, 2.24) is 0 Å². The largest absolute Gasteiger partial charge is 0.296 e. The van der Waals surface area contributed by atoms with Crippen molar-refractivity contribution in [2.45, 2.75) is 19.6 Å². The quantitative estimate of drug-likeness (QED) is 0.164. The van der Waals surface area contributed by atoms with Crippen LogP contribution in [0.4, 0.5) is 0 Å². The molecule has 0 saturated heterocycles. The first kappa shape index (κ1) is 31.2. The Morgan fingerprint density at radius 2 is 0.756 bits per heavy atom. The molecule has 41 heavy (non-hydrogen) atoms. The van der Waals surface area contributed by atoms with Crippen LogP contribution in [0.5, 0.6) is 0 Å². The molecule has 5 heteroatoms. The molecular weight excluding hydrogens is 545 g/mol. The minimum atomic E-state index is 0.571. The van der Waals surface area contributed by atoms with E-state index in [-0.39, 0.29) is 0 Å². The highest BCUT2D eigenvalue weighted by molar-refractivity contribution is 6.35. The molecule has 0 saturated carbocycles. The lowest BCUT2D eigenvalue weighted by molar-refractivity contribution is 1.08. The summed E-state index contributed by atoms with van der Waals surface area (Å²) in [4.78, 5) is 11.5. The van der Waals surface area contributed by atoms with Gasteiger partial charge in [0.25, 0.3) is 0 Å². The highest BCUT2D eigenvalue weighted by Crippen LogP contribution is 2.32. The Hall–Kier alpha value is -4.31. The second-order valence-electron chi connectivity index (χ2n) is 9.06. The molecule has 3 nitrogen and oxygen atoms in total. The van der Waals surface area contributed by atoms with Crippen LogP contribution in [0.15, 0.2) is 142 Å². The number of hydrogen-bond acceptors (Lipinski definition) is 3. The average molecular weight is 579 g/mol. The maximum absolute atomic E-state index is 6.14. The van der Waals surface area contributed by atoms with Gasteiger partial charge in [0.2, 0.25) is 0 Å². The Kier molecular flexibility index (Phi) is 13.2. The lowest BCUT2D eigenvalue weighted by Gasteiger charge is -2.10. The molecule has 0 N–H and O–H groups in total. The standard InChI is InChI=1S/C20H15Cl2N.2C8H9N/c1-23-13-14-7-16(15-5-3-2-4-6-15)9-17(8-14)18-10-19(21)12-20(22)11-18;2*1-9-7-8-5-3-2-4-6-8/h2-12H,1,13H2;2*2-6H,1,7H2. The van der Waals surface area contributed by atoms with Gasteiger partial charge in [0.15, 0.2) is 0 Å². The minimum Gasteiger partial charge on any atom is -0.296 e. The topological polar surface area (TPSA) is 37.1 Å². The molecule has 0 aromatic heterocycles. The molecule has 5 rings (SSSR count). The zero-order valence-electron chi connectivity index (χ0n) is 23.0. The number of aliphatic imine (C=N–C) groups is 3. The van der Waals surface area contributed by atoms with Crippen LogP contribution in [0.3, 0.4) is 0 Å². The third-order valence-electron chi connectivity index (χ3n) is 5.86. The number of rotatable bonds is 8. The average Bonchev–Trinajstić information content (AvgIpc) is 2.99. The summed E-state index contributed by atoms with van der Waals surface area (Å²) in [5.41, 5.74) is 7.89. The highest BCUT2D eigenvalue weighted by atomic mass is 35.5. The highest BCUT2D eigenvalue weighted by Gasteiger charge is 2.07. The van der Waals surface area contributed by atoms with Gasteiger partial charge in [-0.1, -0.05) is 114 Å². The minimum absolute atomic E-state index is 0.571. The van der Waals surface area contributed by atoms with E-state index in [2.05, 4.69) is 65.5 Å². The fourth-order valence-electron chi connectivity index (χ4n) is 4.02. The molecule has 0 amide bonds. The molecule has 0 aliphatic heterocycles. The van der Waals surface area contributed by atoms with E-state index >= 15 is 0 Å². The van der Waals surface area contributed by atoms with Gasteiger partial charge in [0.1, 0.15) is 0 Å². The summed E-state index contributed by atoms with van der Waals surface area (Å²) in [7, 11) is 0. The summed E-state index contributed by atoms with van der Waals surface area (Å²) in [6.07, 6.45) is 0. The van der Waals surface area contributed by atoms with E-state index < -0.39 is 0 Å². The molecule has 0 unspecified atom stereocenters. The van der Waals surface area contributed by atoms with E-state index in [0.717, 1.165) is 40.9 Å². The molecule has 5 aromatic carbocycles. The van der Waals surface area contributed by atoms with Crippen molar-refractivity contribution in [3.63, 3.8) is 0 Å². The normalized spacial score (nSPS) is 9.80. The third kappa shape index (κ3) is 11.0. The van der Waals surface area contributed by atoms with E-state index in [1.807, 2.05) is 91.0 Å². The van der Waals surface area contributed by atoms with Gasteiger partial charge in [-0.2, -0.15) is 0 Å². The SMILES string of the molecule is C=NCc1cc(-c2ccccc2)cc(-c2cc(Cl)cc(Cl)c2)c1.C=NCc1ccccc1.C=NCc1ccccc1. The van der Waals surface area contributed by atoms with Gasteiger partial charge < -0.3 is 0 Å². The van der Waals surface area contributed by atoms with Crippen molar-refractivity contribution >= 4 is 43.4 Å². The van der Waals surface area contributed by atoms with E-state index in [0.29, 0.717) is 16.6 Å². The third-order valence-corrected chi connectivity index (χ3v) is 6.30.